The molecule has 2 N–H and O–H groups in total. The average Bonchev–Trinajstić information content (AvgIpc) is 2.25. The molecule has 0 aliphatic rings. The van der Waals surface area contributed by atoms with Gasteiger partial charge in [0, 0.05) is 7.05 Å². The smallest absolute Gasteiger partial charge is 0.127 e. The predicted octanol–water partition coefficient (Wildman–Crippen LogP) is 1.76. The Morgan fingerprint density at radius 3 is 2.42 bits per heavy atom. The van der Waals surface area contributed by atoms with Crippen LogP contribution in [-0.4, -0.2) is 9.55 Å². The molecule has 0 aliphatic heterocycles. The van der Waals surface area contributed by atoms with Crippen LogP contribution in [0.1, 0.15) is 31.3 Å². The molecule has 68 valence electrons. The van der Waals surface area contributed by atoms with E-state index < -0.39 is 0 Å². The van der Waals surface area contributed by atoms with Crippen LogP contribution in [0.25, 0.3) is 0 Å². The summed E-state index contributed by atoms with van der Waals surface area (Å²) in [6.07, 6.45) is 0. The first-order valence-electron chi connectivity index (χ1n) is 3.99. The summed E-state index contributed by atoms with van der Waals surface area (Å²) in [5.41, 5.74) is 6.73. The number of hydrogen-bond donors (Lipinski definition) is 1. The Hall–Kier alpha value is -0.350. The molecule has 0 fully saturated rings. The summed E-state index contributed by atoms with van der Waals surface area (Å²) >= 11 is 3.42. The summed E-state index contributed by atoms with van der Waals surface area (Å²) in [4.78, 5) is 4.30. The highest BCUT2D eigenvalue weighted by atomic mass is 79.9. The van der Waals surface area contributed by atoms with E-state index in [1.807, 2.05) is 7.05 Å². The zero-order valence-corrected chi connectivity index (χ0v) is 9.22. The first-order chi connectivity index (χ1) is 5.57. The molecule has 1 rings (SSSR count). The zero-order chi connectivity index (χ0) is 9.30. The second-order valence-corrected chi connectivity index (χ2v) is 3.87. The van der Waals surface area contributed by atoms with Crippen molar-refractivity contribution in [2.45, 2.75) is 26.3 Å². The average molecular weight is 232 g/mol. The van der Waals surface area contributed by atoms with E-state index >= 15 is 0 Å². The molecule has 1 aromatic heterocycles. The molecule has 12 heavy (non-hydrogen) atoms. The van der Waals surface area contributed by atoms with E-state index in [-0.39, 0.29) is 0 Å². The number of halogens is 1. The Kier molecular flexibility index (Phi) is 2.90. The standard InChI is InChI=1S/C8H14BrN3/c1-5(2)7-8(9)11-6(4-10)12(7)3/h5H,4,10H2,1-3H3. The minimum atomic E-state index is 0.470. The fraction of sp³-hybridized carbons (Fsp3) is 0.625. The quantitative estimate of drug-likeness (QED) is 0.844. The molecule has 0 aromatic carbocycles. The predicted molar refractivity (Wildman–Crippen MR) is 52.9 cm³/mol. The van der Waals surface area contributed by atoms with Gasteiger partial charge >= 0.3 is 0 Å². The summed E-state index contributed by atoms with van der Waals surface area (Å²) in [5.74, 6) is 1.39. The van der Waals surface area contributed by atoms with Crippen molar-refractivity contribution in [3.63, 3.8) is 0 Å². The minimum absolute atomic E-state index is 0.470. The lowest BCUT2D eigenvalue weighted by atomic mass is 10.1. The second-order valence-electron chi connectivity index (χ2n) is 3.12. The monoisotopic (exact) mass is 231 g/mol. The van der Waals surface area contributed by atoms with Crippen LogP contribution in [-0.2, 0) is 13.6 Å². The summed E-state index contributed by atoms with van der Waals surface area (Å²) < 4.78 is 2.97. The second kappa shape index (κ2) is 3.58. The van der Waals surface area contributed by atoms with Gasteiger partial charge in [0.25, 0.3) is 0 Å². The highest BCUT2D eigenvalue weighted by Crippen LogP contribution is 2.24. The minimum Gasteiger partial charge on any atom is -0.333 e. The molecule has 4 heteroatoms. The van der Waals surface area contributed by atoms with Crippen molar-refractivity contribution in [2.24, 2.45) is 12.8 Å². The van der Waals surface area contributed by atoms with Gasteiger partial charge in [0.05, 0.1) is 12.2 Å². The number of hydrogen-bond acceptors (Lipinski definition) is 2. The summed E-state index contributed by atoms with van der Waals surface area (Å²) in [6.45, 7) is 4.77. The fourth-order valence-corrected chi connectivity index (χ4v) is 2.26. The van der Waals surface area contributed by atoms with Crippen molar-refractivity contribution in [1.29, 1.82) is 0 Å². The Labute approximate surface area is 81.1 Å². The molecule has 0 amide bonds. The Morgan fingerprint density at radius 1 is 1.58 bits per heavy atom. The summed E-state index contributed by atoms with van der Waals surface area (Å²) in [7, 11) is 2.00. The third-order valence-corrected chi connectivity index (χ3v) is 2.50. The molecule has 0 unspecified atom stereocenters. The summed E-state index contributed by atoms with van der Waals surface area (Å²) in [5, 5.41) is 0. The normalized spacial score (nSPS) is 11.2. The van der Waals surface area contributed by atoms with Gasteiger partial charge < -0.3 is 10.3 Å². The van der Waals surface area contributed by atoms with E-state index in [1.54, 1.807) is 0 Å². The van der Waals surface area contributed by atoms with Crippen LogP contribution in [0.5, 0.6) is 0 Å². The lowest BCUT2D eigenvalue weighted by Crippen LogP contribution is -2.07. The highest BCUT2D eigenvalue weighted by Gasteiger charge is 2.13. The maximum absolute atomic E-state index is 5.53. The molecule has 0 saturated heterocycles. The largest absolute Gasteiger partial charge is 0.333 e. The molecule has 0 atom stereocenters. The Morgan fingerprint density at radius 2 is 2.17 bits per heavy atom. The van der Waals surface area contributed by atoms with E-state index in [1.165, 1.54) is 5.69 Å². The number of nitrogens with two attached hydrogens (primary N) is 1. The van der Waals surface area contributed by atoms with Gasteiger partial charge in [-0.05, 0) is 21.8 Å². The van der Waals surface area contributed by atoms with Crippen molar-refractivity contribution in [1.82, 2.24) is 9.55 Å². The van der Waals surface area contributed by atoms with Crippen LogP contribution in [0.4, 0.5) is 0 Å². The third-order valence-electron chi connectivity index (χ3n) is 1.92. The zero-order valence-electron chi connectivity index (χ0n) is 7.63. The van der Waals surface area contributed by atoms with Gasteiger partial charge in [0.2, 0.25) is 0 Å². The van der Waals surface area contributed by atoms with Gasteiger partial charge in [-0.15, -0.1) is 0 Å². The molecule has 0 aliphatic carbocycles. The lowest BCUT2D eigenvalue weighted by Gasteiger charge is -2.07. The van der Waals surface area contributed by atoms with Gasteiger partial charge in [-0.1, -0.05) is 13.8 Å². The van der Waals surface area contributed by atoms with Crippen molar-refractivity contribution >= 4 is 15.9 Å². The van der Waals surface area contributed by atoms with Crippen LogP contribution in [0.3, 0.4) is 0 Å². The molecular formula is C8H14BrN3. The van der Waals surface area contributed by atoms with E-state index in [4.69, 9.17) is 5.73 Å². The molecule has 0 spiro atoms. The van der Waals surface area contributed by atoms with Crippen LogP contribution >= 0.6 is 15.9 Å². The fourth-order valence-electron chi connectivity index (χ4n) is 1.33. The number of aromatic nitrogens is 2. The molecular weight excluding hydrogens is 218 g/mol. The van der Waals surface area contributed by atoms with Crippen LogP contribution < -0.4 is 5.73 Å². The first kappa shape index (κ1) is 9.74. The van der Waals surface area contributed by atoms with E-state index in [2.05, 4.69) is 39.3 Å². The molecule has 0 saturated carbocycles. The first-order valence-corrected chi connectivity index (χ1v) is 4.78. The van der Waals surface area contributed by atoms with Crippen LogP contribution in [0.15, 0.2) is 4.60 Å². The summed E-state index contributed by atoms with van der Waals surface area (Å²) in [6, 6.07) is 0. The van der Waals surface area contributed by atoms with Crippen molar-refractivity contribution in [2.75, 3.05) is 0 Å². The number of imidazole rings is 1. The number of nitrogens with zero attached hydrogens (tertiary/aromatic N) is 2. The van der Waals surface area contributed by atoms with Crippen LogP contribution in [0, 0.1) is 0 Å². The van der Waals surface area contributed by atoms with Crippen molar-refractivity contribution in [3.05, 3.63) is 16.1 Å². The van der Waals surface area contributed by atoms with E-state index in [0.717, 1.165) is 10.4 Å². The Bertz CT molecular complexity index is 278. The van der Waals surface area contributed by atoms with Crippen LogP contribution in [0.2, 0.25) is 0 Å². The van der Waals surface area contributed by atoms with Gasteiger partial charge in [-0.25, -0.2) is 4.98 Å². The molecule has 1 heterocycles. The topological polar surface area (TPSA) is 43.8 Å². The van der Waals surface area contributed by atoms with Crippen molar-refractivity contribution in [3.8, 4) is 0 Å². The lowest BCUT2D eigenvalue weighted by molar-refractivity contribution is 0.702. The maximum Gasteiger partial charge on any atom is 0.127 e. The Balaban J connectivity index is 3.19. The van der Waals surface area contributed by atoms with Gasteiger partial charge in [-0.3, -0.25) is 0 Å². The van der Waals surface area contributed by atoms with Crippen molar-refractivity contribution < 1.29 is 0 Å². The van der Waals surface area contributed by atoms with Gasteiger partial charge in [0.1, 0.15) is 10.4 Å². The molecule has 3 nitrogen and oxygen atoms in total. The third kappa shape index (κ3) is 1.54. The molecule has 0 radical (unpaired) electrons. The van der Waals surface area contributed by atoms with Gasteiger partial charge in [-0.2, -0.15) is 0 Å². The highest BCUT2D eigenvalue weighted by molar-refractivity contribution is 9.10. The SMILES string of the molecule is CC(C)c1c(Br)nc(CN)n1C. The molecule has 1 aromatic rings. The van der Waals surface area contributed by atoms with E-state index in [9.17, 15) is 0 Å². The van der Waals surface area contributed by atoms with E-state index in [0.29, 0.717) is 12.5 Å². The maximum atomic E-state index is 5.53. The molecule has 0 bridgehead atoms. The van der Waals surface area contributed by atoms with Gasteiger partial charge in [0.15, 0.2) is 0 Å². The number of rotatable bonds is 2.